The number of hydrogen-bond donors (Lipinski definition) is 1. The highest BCUT2D eigenvalue weighted by Crippen LogP contribution is 2.51. The first-order chi connectivity index (χ1) is 15.7. The number of rotatable bonds is 3. The number of esters is 1. The highest BCUT2D eigenvalue weighted by molar-refractivity contribution is 7.10. The fraction of sp³-hybridized carbons (Fsp3) is 0.125. The summed E-state index contributed by atoms with van der Waals surface area (Å²) in [6, 6.07) is 19.3. The number of methoxy groups -OCH3 is 1. The Morgan fingerprint density at radius 3 is 2.75 bits per heavy atom. The van der Waals surface area contributed by atoms with Crippen LogP contribution in [0.4, 0.5) is 5.95 Å². The standard InChI is InChI=1S/C24H18N4O3S/c1-30-23(29)15-10-8-14(9-11-15)22-19-20(16-5-2-3-6-17(16)31-22)27-24-25-13-26-28(24)21(19)18-7-4-12-32-18/h2-13,21-22H,1H3,(H,25,26,27)/t21-,22-/m0/s1. The molecular weight excluding hydrogens is 424 g/mol. The van der Waals surface area contributed by atoms with Crippen molar-refractivity contribution in [3.8, 4) is 5.75 Å². The lowest BCUT2D eigenvalue weighted by Crippen LogP contribution is -2.32. The molecule has 2 aromatic heterocycles. The van der Waals surface area contributed by atoms with Crippen LogP contribution in [0.2, 0.25) is 0 Å². The molecule has 8 heteroatoms. The molecule has 0 radical (unpaired) electrons. The average molecular weight is 443 g/mol. The summed E-state index contributed by atoms with van der Waals surface area (Å²) in [5, 5.41) is 10.1. The fourth-order valence-electron chi connectivity index (χ4n) is 4.32. The van der Waals surface area contributed by atoms with Gasteiger partial charge in [-0.2, -0.15) is 10.1 Å². The molecule has 32 heavy (non-hydrogen) atoms. The molecule has 2 aromatic carbocycles. The fourth-order valence-corrected chi connectivity index (χ4v) is 5.15. The van der Waals surface area contributed by atoms with Crippen LogP contribution in [-0.2, 0) is 4.74 Å². The quantitative estimate of drug-likeness (QED) is 0.464. The molecule has 4 aromatic rings. The molecule has 0 spiro atoms. The molecule has 4 heterocycles. The van der Waals surface area contributed by atoms with Crippen LogP contribution in [-0.4, -0.2) is 27.8 Å². The van der Waals surface area contributed by atoms with Crippen LogP contribution in [0.25, 0.3) is 5.70 Å². The topological polar surface area (TPSA) is 78.3 Å². The summed E-state index contributed by atoms with van der Waals surface area (Å²) in [6.45, 7) is 0. The van der Waals surface area contributed by atoms with Gasteiger partial charge < -0.3 is 14.8 Å². The monoisotopic (exact) mass is 442 g/mol. The van der Waals surface area contributed by atoms with Crippen molar-refractivity contribution in [3.05, 3.63) is 99.5 Å². The van der Waals surface area contributed by atoms with Crippen LogP contribution in [0.1, 0.15) is 38.5 Å². The SMILES string of the molecule is COC(=O)c1ccc([C@@H]2Oc3ccccc3C3=C2[C@H](c2cccs2)n2ncnc2N3)cc1. The second-order valence-corrected chi connectivity index (χ2v) is 8.49. The number of nitrogens with zero attached hydrogens (tertiary/aromatic N) is 3. The minimum Gasteiger partial charge on any atom is -0.480 e. The van der Waals surface area contributed by atoms with E-state index in [9.17, 15) is 4.79 Å². The number of aromatic nitrogens is 3. The van der Waals surface area contributed by atoms with Crippen molar-refractivity contribution in [1.82, 2.24) is 14.8 Å². The van der Waals surface area contributed by atoms with E-state index < -0.39 is 0 Å². The van der Waals surface area contributed by atoms with Crippen molar-refractivity contribution < 1.29 is 14.3 Å². The number of nitrogens with one attached hydrogen (secondary N) is 1. The van der Waals surface area contributed by atoms with Crippen LogP contribution in [0.3, 0.4) is 0 Å². The minimum atomic E-state index is -0.372. The summed E-state index contributed by atoms with van der Waals surface area (Å²) < 4.78 is 13.3. The van der Waals surface area contributed by atoms with E-state index in [2.05, 4.69) is 26.8 Å². The van der Waals surface area contributed by atoms with Crippen molar-refractivity contribution in [1.29, 1.82) is 0 Å². The normalized spacial score (nSPS) is 18.7. The largest absolute Gasteiger partial charge is 0.480 e. The average Bonchev–Trinajstić information content (AvgIpc) is 3.54. The molecule has 2 aliphatic rings. The number of benzene rings is 2. The molecule has 2 atom stereocenters. The first-order valence-corrected chi connectivity index (χ1v) is 11.0. The smallest absolute Gasteiger partial charge is 0.337 e. The maximum Gasteiger partial charge on any atom is 0.337 e. The van der Waals surface area contributed by atoms with Gasteiger partial charge in [0, 0.05) is 16.0 Å². The van der Waals surface area contributed by atoms with Gasteiger partial charge >= 0.3 is 5.97 Å². The van der Waals surface area contributed by atoms with E-state index in [4.69, 9.17) is 9.47 Å². The first kappa shape index (κ1) is 18.8. The van der Waals surface area contributed by atoms with Gasteiger partial charge in [0.1, 0.15) is 24.2 Å². The highest BCUT2D eigenvalue weighted by atomic mass is 32.1. The lowest BCUT2D eigenvalue weighted by molar-refractivity contribution is 0.0600. The van der Waals surface area contributed by atoms with E-state index in [0.717, 1.165) is 33.0 Å². The van der Waals surface area contributed by atoms with E-state index in [0.29, 0.717) is 11.5 Å². The van der Waals surface area contributed by atoms with Crippen molar-refractivity contribution in [3.63, 3.8) is 0 Å². The zero-order valence-corrected chi connectivity index (χ0v) is 17.9. The van der Waals surface area contributed by atoms with E-state index in [1.807, 2.05) is 47.1 Å². The molecule has 7 nitrogen and oxygen atoms in total. The predicted molar refractivity (Wildman–Crippen MR) is 121 cm³/mol. The van der Waals surface area contributed by atoms with Crippen LogP contribution in [0.5, 0.6) is 5.75 Å². The first-order valence-electron chi connectivity index (χ1n) is 10.1. The molecule has 158 valence electrons. The number of ether oxygens (including phenoxy) is 2. The molecule has 0 unspecified atom stereocenters. The Hall–Kier alpha value is -3.91. The van der Waals surface area contributed by atoms with Gasteiger partial charge in [-0.15, -0.1) is 11.3 Å². The van der Waals surface area contributed by atoms with Crippen molar-refractivity contribution in [2.75, 3.05) is 12.4 Å². The van der Waals surface area contributed by atoms with E-state index in [1.54, 1.807) is 29.8 Å². The molecule has 6 rings (SSSR count). The summed E-state index contributed by atoms with van der Waals surface area (Å²) in [5.74, 6) is 1.12. The third-order valence-electron chi connectivity index (χ3n) is 5.77. The molecule has 0 fully saturated rings. The number of carbonyl (C=O) groups excluding carboxylic acids is 1. The maximum atomic E-state index is 11.9. The van der Waals surface area contributed by atoms with Gasteiger partial charge in [0.15, 0.2) is 0 Å². The van der Waals surface area contributed by atoms with E-state index >= 15 is 0 Å². The Morgan fingerprint density at radius 2 is 1.97 bits per heavy atom. The lowest BCUT2D eigenvalue weighted by atomic mass is 9.86. The summed E-state index contributed by atoms with van der Waals surface area (Å²) in [4.78, 5) is 17.5. The number of hydrogen-bond acceptors (Lipinski definition) is 7. The van der Waals surface area contributed by atoms with Gasteiger partial charge in [0.2, 0.25) is 5.95 Å². The maximum absolute atomic E-state index is 11.9. The Kier molecular flexibility index (Phi) is 4.32. The Morgan fingerprint density at radius 1 is 1.12 bits per heavy atom. The van der Waals surface area contributed by atoms with E-state index in [-0.39, 0.29) is 18.1 Å². The van der Waals surface area contributed by atoms with Crippen molar-refractivity contribution in [2.24, 2.45) is 0 Å². The molecule has 0 aliphatic carbocycles. The number of para-hydroxylation sites is 1. The molecule has 0 bridgehead atoms. The number of fused-ring (bicyclic) bond motifs is 3. The van der Waals surface area contributed by atoms with Crippen LogP contribution < -0.4 is 10.1 Å². The van der Waals surface area contributed by atoms with Crippen LogP contribution >= 0.6 is 11.3 Å². The summed E-state index contributed by atoms with van der Waals surface area (Å²) in [5.41, 5.74) is 4.45. The summed E-state index contributed by atoms with van der Waals surface area (Å²) in [7, 11) is 1.38. The zero-order valence-electron chi connectivity index (χ0n) is 17.1. The molecule has 1 N–H and O–H groups in total. The van der Waals surface area contributed by atoms with Crippen LogP contribution in [0, 0.1) is 0 Å². The van der Waals surface area contributed by atoms with Crippen molar-refractivity contribution >= 4 is 29.0 Å². The van der Waals surface area contributed by atoms with Gasteiger partial charge in [0.05, 0.1) is 18.4 Å². The Labute approximate surface area is 187 Å². The van der Waals surface area contributed by atoms with Crippen molar-refractivity contribution in [2.45, 2.75) is 12.1 Å². The lowest BCUT2D eigenvalue weighted by Gasteiger charge is -2.38. The van der Waals surface area contributed by atoms with Gasteiger partial charge in [-0.1, -0.05) is 30.3 Å². The molecule has 0 saturated carbocycles. The van der Waals surface area contributed by atoms with E-state index in [1.165, 1.54) is 7.11 Å². The second-order valence-electron chi connectivity index (χ2n) is 7.51. The predicted octanol–water partition coefficient (Wildman–Crippen LogP) is 4.69. The molecule has 0 amide bonds. The van der Waals surface area contributed by atoms with Gasteiger partial charge in [-0.05, 0) is 41.3 Å². The molecular formula is C24H18N4O3S. The third kappa shape index (κ3) is 2.84. The molecule has 2 aliphatic heterocycles. The van der Waals surface area contributed by atoms with Gasteiger partial charge in [0.25, 0.3) is 0 Å². The highest BCUT2D eigenvalue weighted by Gasteiger charge is 2.41. The Balaban J connectivity index is 1.56. The van der Waals surface area contributed by atoms with Gasteiger partial charge in [-0.25, -0.2) is 9.48 Å². The summed E-state index contributed by atoms with van der Waals surface area (Å²) in [6.07, 6.45) is 1.19. The number of thiophene rings is 1. The summed E-state index contributed by atoms with van der Waals surface area (Å²) >= 11 is 1.67. The van der Waals surface area contributed by atoms with Gasteiger partial charge in [-0.3, -0.25) is 0 Å². The number of carbonyl (C=O) groups is 1. The second kappa shape index (κ2) is 7.35. The Bertz CT molecular complexity index is 1340. The third-order valence-corrected chi connectivity index (χ3v) is 6.69. The zero-order chi connectivity index (χ0) is 21.7. The number of anilines is 1. The molecule has 0 saturated heterocycles. The van der Waals surface area contributed by atoms with Crippen LogP contribution in [0.15, 0.2) is 77.9 Å². The minimum absolute atomic E-state index is 0.164.